The Bertz CT molecular complexity index is 620. The number of hydrogen-bond acceptors (Lipinski definition) is 2. The molecule has 0 atom stereocenters. The Morgan fingerprint density at radius 3 is 2.94 bits per heavy atom. The average Bonchev–Trinajstić information content (AvgIpc) is 2.31. The zero-order valence-electron chi connectivity index (χ0n) is 9.08. The van der Waals surface area contributed by atoms with E-state index in [1.807, 2.05) is 19.1 Å². The topological polar surface area (TPSA) is 56.6 Å². The van der Waals surface area contributed by atoms with Gasteiger partial charge in [0, 0.05) is 22.7 Å². The summed E-state index contributed by atoms with van der Waals surface area (Å²) in [7, 11) is 0. The smallest absolute Gasteiger partial charge is 0.192 e. The van der Waals surface area contributed by atoms with Gasteiger partial charge >= 0.3 is 0 Å². The van der Waals surface area contributed by atoms with Crippen LogP contribution >= 0.6 is 0 Å². The first kappa shape index (κ1) is 10.4. The molecule has 0 aliphatic heterocycles. The highest BCUT2D eigenvalue weighted by atomic mass is 16.1. The average molecular weight is 212 g/mol. The minimum absolute atomic E-state index is 0.0658. The first-order chi connectivity index (χ1) is 7.76. The van der Waals surface area contributed by atoms with E-state index in [1.165, 1.54) is 0 Å². The lowest BCUT2D eigenvalue weighted by Gasteiger charge is -2.02. The Morgan fingerprint density at radius 1 is 1.44 bits per heavy atom. The summed E-state index contributed by atoms with van der Waals surface area (Å²) in [5.74, 6) is 0. The molecule has 0 aliphatic rings. The number of fused-ring (bicyclic) bond motifs is 1. The second kappa shape index (κ2) is 4.19. The minimum Gasteiger partial charge on any atom is -0.361 e. The lowest BCUT2D eigenvalue weighted by Crippen LogP contribution is -2.09. The summed E-state index contributed by atoms with van der Waals surface area (Å²) >= 11 is 0. The van der Waals surface area contributed by atoms with Crippen LogP contribution in [0.25, 0.3) is 10.9 Å². The van der Waals surface area contributed by atoms with Crippen LogP contribution in [0.15, 0.2) is 29.2 Å². The molecular weight excluding hydrogens is 200 g/mol. The highest BCUT2D eigenvalue weighted by Crippen LogP contribution is 2.11. The molecule has 0 saturated heterocycles. The molecule has 0 amide bonds. The fraction of sp³-hybridized carbons (Fsp3) is 0.231. The highest BCUT2D eigenvalue weighted by molar-refractivity contribution is 5.79. The molecule has 0 radical (unpaired) electrons. The van der Waals surface area contributed by atoms with E-state index in [0.717, 1.165) is 16.6 Å². The molecule has 1 heterocycles. The van der Waals surface area contributed by atoms with Crippen molar-refractivity contribution in [2.75, 3.05) is 0 Å². The van der Waals surface area contributed by atoms with Crippen molar-refractivity contribution in [3.8, 4) is 6.07 Å². The first-order valence-electron chi connectivity index (χ1n) is 5.26. The third-order valence-corrected chi connectivity index (χ3v) is 2.69. The zero-order valence-corrected chi connectivity index (χ0v) is 9.08. The summed E-state index contributed by atoms with van der Waals surface area (Å²) in [5.41, 5.74) is 2.55. The normalized spacial score (nSPS) is 10.2. The summed E-state index contributed by atoms with van der Waals surface area (Å²) in [6, 6.07) is 7.60. The fourth-order valence-corrected chi connectivity index (χ4v) is 1.77. The van der Waals surface area contributed by atoms with Crippen LogP contribution in [0.3, 0.4) is 0 Å². The summed E-state index contributed by atoms with van der Waals surface area (Å²) in [4.78, 5) is 15.1. The number of rotatable bonds is 2. The molecule has 0 fully saturated rings. The Morgan fingerprint density at radius 2 is 2.25 bits per heavy atom. The number of pyridine rings is 1. The fourth-order valence-electron chi connectivity index (χ4n) is 1.77. The van der Waals surface area contributed by atoms with E-state index in [9.17, 15) is 4.79 Å². The van der Waals surface area contributed by atoms with Gasteiger partial charge in [0.1, 0.15) is 0 Å². The van der Waals surface area contributed by atoms with Gasteiger partial charge < -0.3 is 4.98 Å². The molecule has 0 spiro atoms. The van der Waals surface area contributed by atoms with Gasteiger partial charge in [-0.25, -0.2) is 0 Å². The zero-order chi connectivity index (χ0) is 11.5. The van der Waals surface area contributed by atoms with E-state index < -0.39 is 0 Å². The number of aromatic amines is 1. The van der Waals surface area contributed by atoms with E-state index in [0.29, 0.717) is 18.2 Å². The Hall–Kier alpha value is -2.08. The largest absolute Gasteiger partial charge is 0.361 e. The maximum atomic E-state index is 12.0. The van der Waals surface area contributed by atoms with Gasteiger partial charge in [-0.05, 0) is 24.1 Å². The van der Waals surface area contributed by atoms with Gasteiger partial charge in [0.05, 0.1) is 12.5 Å². The van der Waals surface area contributed by atoms with Gasteiger partial charge in [0.2, 0.25) is 0 Å². The van der Waals surface area contributed by atoms with Crippen molar-refractivity contribution in [3.63, 3.8) is 0 Å². The standard InChI is InChI=1S/C13H12N2O/c1-2-10-8-15-12-4-3-9(5-6-14)7-11(12)13(10)16/h3-4,7-8H,2,5H2,1H3,(H,15,16). The van der Waals surface area contributed by atoms with Crippen LogP contribution < -0.4 is 5.43 Å². The van der Waals surface area contributed by atoms with Crippen LogP contribution in [0.1, 0.15) is 18.1 Å². The predicted molar refractivity (Wildman–Crippen MR) is 63.3 cm³/mol. The van der Waals surface area contributed by atoms with Crippen molar-refractivity contribution in [1.82, 2.24) is 4.98 Å². The highest BCUT2D eigenvalue weighted by Gasteiger charge is 2.04. The van der Waals surface area contributed by atoms with Crippen molar-refractivity contribution in [1.29, 1.82) is 5.26 Å². The third kappa shape index (κ3) is 1.70. The lowest BCUT2D eigenvalue weighted by atomic mass is 10.1. The number of H-pyrrole nitrogens is 1. The minimum atomic E-state index is 0.0658. The molecule has 1 N–H and O–H groups in total. The molecule has 2 aromatic rings. The van der Waals surface area contributed by atoms with E-state index in [2.05, 4.69) is 11.1 Å². The molecule has 2 rings (SSSR count). The van der Waals surface area contributed by atoms with E-state index in [-0.39, 0.29) is 5.43 Å². The molecule has 16 heavy (non-hydrogen) atoms. The number of nitriles is 1. The van der Waals surface area contributed by atoms with Crippen molar-refractivity contribution in [2.24, 2.45) is 0 Å². The number of hydrogen-bond donors (Lipinski definition) is 1. The number of nitrogens with one attached hydrogen (secondary N) is 1. The number of aromatic nitrogens is 1. The molecule has 0 unspecified atom stereocenters. The SMILES string of the molecule is CCc1c[nH]c2ccc(CC#N)cc2c1=O. The van der Waals surface area contributed by atoms with Crippen molar-refractivity contribution in [3.05, 3.63) is 45.7 Å². The van der Waals surface area contributed by atoms with Crippen LogP contribution in [0.2, 0.25) is 0 Å². The molecule has 3 nitrogen and oxygen atoms in total. The molecule has 0 aliphatic carbocycles. The van der Waals surface area contributed by atoms with E-state index in [4.69, 9.17) is 5.26 Å². The third-order valence-electron chi connectivity index (χ3n) is 2.69. The first-order valence-corrected chi connectivity index (χ1v) is 5.26. The van der Waals surface area contributed by atoms with Gasteiger partial charge in [-0.2, -0.15) is 5.26 Å². The molecule has 1 aromatic heterocycles. The molecular formula is C13H12N2O. The number of benzene rings is 1. The van der Waals surface area contributed by atoms with Crippen LogP contribution in [0.5, 0.6) is 0 Å². The molecule has 80 valence electrons. The van der Waals surface area contributed by atoms with Gasteiger partial charge in [-0.15, -0.1) is 0 Å². The maximum Gasteiger partial charge on any atom is 0.192 e. The van der Waals surface area contributed by atoms with E-state index in [1.54, 1.807) is 12.3 Å². The van der Waals surface area contributed by atoms with E-state index >= 15 is 0 Å². The predicted octanol–water partition coefficient (Wildman–Crippen LogP) is 2.16. The Balaban J connectivity index is 2.70. The van der Waals surface area contributed by atoms with Crippen molar-refractivity contribution < 1.29 is 0 Å². The Labute approximate surface area is 93.3 Å². The van der Waals surface area contributed by atoms with Gasteiger partial charge in [0.25, 0.3) is 0 Å². The van der Waals surface area contributed by atoms with Crippen molar-refractivity contribution in [2.45, 2.75) is 19.8 Å². The number of nitrogens with zero attached hydrogens (tertiary/aromatic N) is 1. The van der Waals surface area contributed by atoms with Crippen LogP contribution in [-0.2, 0) is 12.8 Å². The molecule has 3 heteroatoms. The summed E-state index contributed by atoms with van der Waals surface area (Å²) < 4.78 is 0. The summed E-state index contributed by atoms with van der Waals surface area (Å²) in [6.07, 6.45) is 2.81. The molecule has 0 bridgehead atoms. The second-order valence-electron chi connectivity index (χ2n) is 3.71. The van der Waals surface area contributed by atoms with Crippen LogP contribution in [-0.4, -0.2) is 4.98 Å². The molecule has 0 saturated carbocycles. The van der Waals surface area contributed by atoms with Gasteiger partial charge in [-0.3, -0.25) is 4.79 Å². The monoisotopic (exact) mass is 212 g/mol. The second-order valence-corrected chi connectivity index (χ2v) is 3.71. The van der Waals surface area contributed by atoms with Crippen LogP contribution in [0, 0.1) is 11.3 Å². The number of aryl methyl sites for hydroxylation is 1. The van der Waals surface area contributed by atoms with Crippen LogP contribution in [0.4, 0.5) is 0 Å². The molecule has 1 aromatic carbocycles. The Kier molecular flexibility index (Phi) is 2.74. The van der Waals surface area contributed by atoms with Gasteiger partial charge in [-0.1, -0.05) is 13.0 Å². The quantitative estimate of drug-likeness (QED) is 0.829. The van der Waals surface area contributed by atoms with Gasteiger partial charge in [0.15, 0.2) is 5.43 Å². The van der Waals surface area contributed by atoms with Crippen molar-refractivity contribution >= 4 is 10.9 Å². The maximum absolute atomic E-state index is 12.0. The lowest BCUT2D eigenvalue weighted by molar-refractivity contribution is 1.10. The summed E-state index contributed by atoms with van der Waals surface area (Å²) in [5, 5.41) is 9.30. The summed E-state index contributed by atoms with van der Waals surface area (Å²) in [6.45, 7) is 1.95.